The second-order valence-corrected chi connectivity index (χ2v) is 6.16. The van der Waals surface area contributed by atoms with Gasteiger partial charge >= 0.3 is 0 Å². The molecule has 0 aliphatic heterocycles. The van der Waals surface area contributed by atoms with Gasteiger partial charge in [0.25, 0.3) is 5.91 Å². The molecule has 0 fully saturated rings. The van der Waals surface area contributed by atoms with Crippen LogP contribution in [-0.4, -0.2) is 32.0 Å². The molecule has 0 unspecified atom stereocenters. The van der Waals surface area contributed by atoms with Crippen molar-refractivity contribution in [2.75, 3.05) is 20.1 Å². The van der Waals surface area contributed by atoms with Crippen LogP contribution in [0.5, 0.6) is 0 Å². The predicted octanol–water partition coefficient (Wildman–Crippen LogP) is 3.11. The normalized spacial score (nSPS) is 10.7. The summed E-state index contributed by atoms with van der Waals surface area (Å²) in [4.78, 5) is 17.3. The number of aliphatic imine (C=N–C) groups is 1. The van der Waals surface area contributed by atoms with Crippen molar-refractivity contribution >= 4 is 58.8 Å². The lowest BCUT2D eigenvalue weighted by Gasteiger charge is -2.11. The summed E-state index contributed by atoms with van der Waals surface area (Å²) in [6, 6.07) is 10.9. The van der Waals surface area contributed by atoms with Crippen molar-refractivity contribution in [2.45, 2.75) is 6.54 Å². The standard InChI is InChI=1S/C16H19ClN4OS.HI/c1-18-16(21-11-14-3-2-10-23-14)20-9-8-19-15(22)12-4-6-13(17)7-5-12;/h2-7,10H,8-9,11H2,1H3,(H,19,22)(H2,18,20,21);1H. The Hall–Kier alpha value is -1.32. The van der Waals surface area contributed by atoms with Crippen molar-refractivity contribution in [3.63, 3.8) is 0 Å². The van der Waals surface area contributed by atoms with Crippen molar-refractivity contribution in [2.24, 2.45) is 4.99 Å². The van der Waals surface area contributed by atoms with Gasteiger partial charge in [-0.05, 0) is 35.7 Å². The highest BCUT2D eigenvalue weighted by atomic mass is 127. The van der Waals surface area contributed by atoms with Gasteiger partial charge in [-0.15, -0.1) is 35.3 Å². The van der Waals surface area contributed by atoms with E-state index >= 15 is 0 Å². The summed E-state index contributed by atoms with van der Waals surface area (Å²) < 4.78 is 0. The third-order valence-corrected chi connectivity index (χ3v) is 4.17. The van der Waals surface area contributed by atoms with Crippen molar-refractivity contribution < 1.29 is 4.79 Å². The average molecular weight is 479 g/mol. The Bertz CT molecular complexity index is 647. The van der Waals surface area contributed by atoms with Gasteiger partial charge in [0.2, 0.25) is 0 Å². The molecule has 1 heterocycles. The molecule has 1 amide bonds. The fourth-order valence-electron chi connectivity index (χ4n) is 1.86. The van der Waals surface area contributed by atoms with Gasteiger partial charge in [-0.25, -0.2) is 0 Å². The largest absolute Gasteiger partial charge is 0.355 e. The van der Waals surface area contributed by atoms with Crippen LogP contribution in [0.1, 0.15) is 15.2 Å². The minimum absolute atomic E-state index is 0. The Kier molecular flexibility index (Phi) is 9.73. The van der Waals surface area contributed by atoms with E-state index in [-0.39, 0.29) is 29.9 Å². The Labute approximate surface area is 167 Å². The van der Waals surface area contributed by atoms with Gasteiger partial charge in [-0.3, -0.25) is 9.79 Å². The first-order valence-corrected chi connectivity index (χ1v) is 8.45. The first-order valence-electron chi connectivity index (χ1n) is 7.19. The van der Waals surface area contributed by atoms with Gasteiger partial charge in [0.05, 0.1) is 6.54 Å². The lowest BCUT2D eigenvalue weighted by Crippen LogP contribution is -2.41. The van der Waals surface area contributed by atoms with Gasteiger partial charge < -0.3 is 16.0 Å². The third kappa shape index (κ3) is 7.06. The van der Waals surface area contributed by atoms with Crippen LogP contribution in [0, 0.1) is 0 Å². The van der Waals surface area contributed by atoms with E-state index in [9.17, 15) is 4.79 Å². The number of hydrogen-bond donors (Lipinski definition) is 3. The number of thiophene rings is 1. The number of carbonyl (C=O) groups is 1. The number of rotatable bonds is 6. The zero-order valence-corrected chi connectivity index (χ0v) is 17.1. The Morgan fingerprint density at radius 3 is 2.46 bits per heavy atom. The predicted molar refractivity (Wildman–Crippen MR) is 112 cm³/mol. The molecule has 0 saturated carbocycles. The highest BCUT2D eigenvalue weighted by Crippen LogP contribution is 2.09. The number of carbonyl (C=O) groups excluding carboxylic acids is 1. The molecule has 8 heteroatoms. The summed E-state index contributed by atoms with van der Waals surface area (Å²) in [5.74, 6) is 0.587. The Morgan fingerprint density at radius 2 is 1.83 bits per heavy atom. The number of nitrogens with zero attached hydrogens (tertiary/aromatic N) is 1. The maximum atomic E-state index is 11.9. The van der Waals surface area contributed by atoms with Crippen LogP contribution in [0.2, 0.25) is 5.02 Å². The molecule has 0 aliphatic rings. The average Bonchev–Trinajstić information content (AvgIpc) is 3.08. The Balaban J connectivity index is 0.00000288. The highest BCUT2D eigenvalue weighted by molar-refractivity contribution is 14.0. The maximum absolute atomic E-state index is 11.9. The molecule has 130 valence electrons. The van der Waals surface area contributed by atoms with Crippen LogP contribution < -0.4 is 16.0 Å². The van der Waals surface area contributed by atoms with E-state index in [4.69, 9.17) is 11.6 Å². The molecule has 0 radical (unpaired) electrons. The first kappa shape index (κ1) is 20.7. The fraction of sp³-hybridized carbons (Fsp3) is 0.250. The van der Waals surface area contributed by atoms with Gasteiger partial charge in [0.1, 0.15) is 0 Å². The smallest absolute Gasteiger partial charge is 0.251 e. The molecule has 0 atom stereocenters. The van der Waals surface area contributed by atoms with Crippen LogP contribution in [-0.2, 0) is 6.54 Å². The van der Waals surface area contributed by atoms with Crippen LogP contribution in [0.15, 0.2) is 46.8 Å². The molecule has 0 spiro atoms. The minimum atomic E-state index is -0.120. The Morgan fingerprint density at radius 1 is 1.12 bits per heavy atom. The van der Waals surface area contributed by atoms with Crippen LogP contribution in [0.25, 0.3) is 0 Å². The van der Waals surface area contributed by atoms with E-state index < -0.39 is 0 Å². The molecule has 0 saturated heterocycles. The van der Waals surface area contributed by atoms with Crippen molar-refractivity contribution in [3.8, 4) is 0 Å². The van der Waals surface area contributed by atoms with E-state index in [1.807, 2.05) is 11.4 Å². The SMILES string of the molecule is CN=C(NCCNC(=O)c1ccc(Cl)cc1)NCc1cccs1.I. The maximum Gasteiger partial charge on any atom is 0.251 e. The molecule has 2 rings (SSSR count). The van der Waals surface area contributed by atoms with Crippen molar-refractivity contribution in [3.05, 3.63) is 57.2 Å². The molecule has 1 aromatic heterocycles. The topological polar surface area (TPSA) is 65.5 Å². The number of benzene rings is 1. The third-order valence-electron chi connectivity index (χ3n) is 3.04. The lowest BCUT2D eigenvalue weighted by molar-refractivity contribution is 0.0954. The summed E-state index contributed by atoms with van der Waals surface area (Å²) in [6.07, 6.45) is 0. The van der Waals surface area contributed by atoms with E-state index in [0.29, 0.717) is 29.6 Å². The highest BCUT2D eigenvalue weighted by Gasteiger charge is 2.04. The fourth-order valence-corrected chi connectivity index (χ4v) is 2.64. The lowest BCUT2D eigenvalue weighted by atomic mass is 10.2. The summed E-state index contributed by atoms with van der Waals surface area (Å²) >= 11 is 7.49. The quantitative estimate of drug-likeness (QED) is 0.259. The van der Waals surface area contributed by atoms with Gasteiger partial charge in [-0.1, -0.05) is 17.7 Å². The minimum Gasteiger partial charge on any atom is -0.355 e. The number of halogens is 2. The van der Waals surface area contributed by atoms with Crippen LogP contribution >= 0.6 is 46.9 Å². The molecule has 2 aromatic rings. The second-order valence-electron chi connectivity index (χ2n) is 4.69. The van der Waals surface area contributed by atoms with E-state index in [0.717, 1.165) is 6.54 Å². The van der Waals surface area contributed by atoms with Gasteiger partial charge in [-0.2, -0.15) is 0 Å². The molecule has 5 nitrogen and oxygen atoms in total. The zero-order chi connectivity index (χ0) is 16.5. The van der Waals surface area contributed by atoms with Crippen molar-refractivity contribution in [1.82, 2.24) is 16.0 Å². The number of guanidine groups is 1. The van der Waals surface area contributed by atoms with Crippen LogP contribution in [0.4, 0.5) is 0 Å². The van der Waals surface area contributed by atoms with Crippen LogP contribution in [0.3, 0.4) is 0 Å². The monoisotopic (exact) mass is 478 g/mol. The molecule has 0 bridgehead atoms. The van der Waals surface area contributed by atoms with Gasteiger partial charge in [0, 0.05) is 35.6 Å². The molecule has 0 aliphatic carbocycles. The molecular formula is C16H20ClIN4OS. The second kappa shape index (κ2) is 11.3. The molecule has 1 aromatic carbocycles. The summed E-state index contributed by atoms with van der Waals surface area (Å²) in [6.45, 7) is 1.82. The zero-order valence-electron chi connectivity index (χ0n) is 13.2. The number of hydrogen-bond acceptors (Lipinski definition) is 3. The summed E-state index contributed by atoms with van der Waals surface area (Å²) in [5, 5.41) is 11.9. The molecule has 3 N–H and O–H groups in total. The van der Waals surface area contributed by atoms with Crippen molar-refractivity contribution in [1.29, 1.82) is 0 Å². The first-order chi connectivity index (χ1) is 11.2. The number of nitrogens with one attached hydrogen (secondary N) is 3. The number of amides is 1. The summed E-state index contributed by atoms with van der Waals surface area (Å²) in [7, 11) is 1.72. The van der Waals surface area contributed by atoms with Gasteiger partial charge in [0.15, 0.2) is 5.96 Å². The van der Waals surface area contributed by atoms with E-state index in [2.05, 4.69) is 27.0 Å². The summed E-state index contributed by atoms with van der Waals surface area (Å²) in [5.41, 5.74) is 0.592. The van der Waals surface area contributed by atoms with E-state index in [1.54, 1.807) is 42.6 Å². The molecular weight excluding hydrogens is 459 g/mol. The molecule has 24 heavy (non-hydrogen) atoms. The van der Waals surface area contributed by atoms with E-state index in [1.165, 1.54) is 4.88 Å².